The molecule has 0 radical (unpaired) electrons. The molecule has 2 N–H and O–H groups in total. The van der Waals surface area contributed by atoms with Crippen molar-refractivity contribution in [3.8, 4) is 5.75 Å². The normalized spacial score (nSPS) is 12.2. The Hall–Kier alpha value is -1.79. The van der Waals surface area contributed by atoms with Crippen LogP contribution in [0.3, 0.4) is 0 Å². The zero-order valence-corrected chi connectivity index (χ0v) is 18.0. The molecule has 0 saturated carbocycles. The minimum absolute atomic E-state index is 0.0723. The molecular formula is C20H33ClN3O3+. The van der Waals surface area contributed by atoms with Crippen LogP contribution in [-0.2, 0) is 9.59 Å². The van der Waals surface area contributed by atoms with E-state index in [0.717, 1.165) is 18.0 Å². The van der Waals surface area contributed by atoms with Gasteiger partial charge in [-0.15, -0.1) is 0 Å². The summed E-state index contributed by atoms with van der Waals surface area (Å²) in [7, 11) is 3.38. The first-order valence-electron chi connectivity index (χ1n) is 9.34. The average molecular weight is 399 g/mol. The van der Waals surface area contributed by atoms with E-state index in [4.69, 9.17) is 16.3 Å². The van der Waals surface area contributed by atoms with Crippen LogP contribution in [0.5, 0.6) is 5.75 Å². The van der Waals surface area contributed by atoms with E-state index in [1.54, 1.807) is 18.2 Å². The number of carbonyl (C=O) groups excluding carboxylic acids is 2. The molecule has 0 aliphatic rings. The summed E-state index contributed by atoms with van der Waals surface area (Å²) in [4.78, 5) is 27.7. The number of carbonyl (C=O) groups is 2. The number of anilines is 1. The minimum atomic E-state index is -0.194. The molecular weight excluding hydrogens is 366 g/mol. The van der Waals surface area contributed by atoms with Gasteiger partial charge in [-0.2, -0.15) is 0 Å². The van der Waals surface area contributed by atoms with Crippen molar-refractivity contribution in [2.75, 3.05) is 45.7 Å². The summed E-state index contributed by atoms with van der Waals surface area (Å²) in [5, 5.41) is 3.32. The van der Waals surface area contributed by atoms with E-state index in [2.05, 4.69) is 33.0 Å². The maximum absolute atomic E-state index is 12.6. The Morgan fingerprint density at radius 2 is 1.74 bits per heavy atom. The molecule has 2 amide bonds. The molecule has 6 nitrogen and oxygen atoms in total. The zero-order chi connectivity index (χ0) is 20.6. The maximum Gasteiger partial charge on any atom is 0.279 e. The summed E-state index contributed by atoms with van der Waals surface area (Å²) >= 11 is 5.99. The third kappa shape index (κ3) is 8.63. The molecule has 27 heavy (non-hydrogen) atoms. The van der Waals surface area contributed by atoms with Gasteiger partial charge in [-0.1, -0.05) is 39.3 Å². The lowest BCUT2D eigenvalue weighted by Gasteiger charge is -2.27. The number of hydrogen-bond acceptors (Lipinski definition) is 3. The standard InChI is InChI=1S/C20H32ClN3O3/c1-14(2)10-24(11-15(3)4)20(26)13-23(5)12-19(25)22-17-9-16(21)7-8-18(17)27-6/h7-9,14-15H,10-13H2,1-6H3,(H,22,25)/p+1. The first-order chi connectivity index (χ1) is 12.6. The van der Waals surface area contributed by atoms with Crippen molar-refractivity contribution in [3.63, 3.8) is 0 Å². The second-order valence-corrected chi connectivity index (χ2v) is 8.23. The van der Waals surface area contributed by atoms with Crippen molar-refractivity contribution in [2.24, 2.45) is 11.8 Å². The Morgan fingerprint density at radius 3 is 2.26 bits per heavy atom. The van der Waals surface area contributed by atoms with Crippen molar-refractivity contribution in [1.82, 2.24) is 4.90 Å². The fraction of sp³-hybridized carbons (Fsp3) is 0.600. The molecule has 0 aromatic heterocycles. The fourth-order valence-corrected chi connectivity index (χ4v) is 3.01. The fourth-order valence-electron chi connectivity index (χ4n) is 2.84. The number of rotatable bonds is 10. The second-order valence-electron chi connectivity index (χ2n) is 7.79. The zero-order valence-electron chi connectivity index (χ0n) is 17.3. The van der Waals surface area contributed by atoms with Crippen LogP contribution in [0.15, 0.2) is 18.2 Å². The Labute approximate surface area is 167 Å². The summed E-state index contributed by atoms with van der Waals surface area (Å²) < 4.78 is 5.24. The summed E-state index contributed by atoms with van der Waals surface area (Å²) in [5.41, 5.74) is 0.523. The van der Waals surface area contributed by atoms with Crippen LogP contribution in [0, 0.1) is 11.8 Å². The number of nitrogens with zero attached hydrogens (tertiary/aromatic N) is 1. The number of quaternary nitrogens is 1. The van der Waals surface area contributed by atoms with Gasteiger partial charge in [-0.3, -0.25) is 9.59 Å². The average Bonchev–Trinajstić information content (AvgIpc) is 2.53. The van der Waals surface area contributed by atoms with Gasteiger partial charge < -0.3 is 19.9 Å². The lowest BCUT2D eigenvalue weighted by molar-refractivity contribution is -0.862. The molecule has 0 heterocycles. The largest absolute Gasteiger partial charge is 0.495 e. The lowest BCUT2D eigenvalue weighted by atomic mass is 10.1. The predicted molar refractivity (Wildman–Crippen MR) is 110 cm³/mol. The van der Waals surface area contributed by atoms with Gasteiger partial charge in [-0.05, 0) is 30.0 Å². The SMILES string of the molecule is COc1ccc(Cl)cc1NC(=O)C[NH+](C)CC(=O)N(CC(C)C)CC(C)C. The van der Waals surface area contributed by atoms with E-state index >= 15 is 0 Å². The number of ether oxygens (including phenoxy) is 1. The van der Waals surface area contributed by atoms with Gasteiger partial charge in [0.1, 0.15) is 5.75 Å². The van der Waals surface area contributed by atoms with Crippen molar-refractivity contribution in [1.29, 1.82) is 0 Å². The monoisotopic (exact) mass is 398 g/mol. The van der Waals surface area contributed by atoms with Crippen molar-refractivity contribution in [3.05, 3.63) is 23.2 Å². The van der Waals surface area contributed by atoms with Crippen molar-refractivity contribution in [2.45, 2.75) is 27.7 Å². The Bertz CT molecular complexity index is 625. The molecule has 1 aromatic carbocycles. The van der Waals surface area contributed by atoms with Gasteiger partial charge in [0.25, 0.3) is 11.8 Å². The highest BCUT2D eigenvalue weighted by molar-refractivity contribution is 6.31. The number of hydrogen-bond donors (Lipinski definition) is 2. The van der Waals surface area contributed by atoms with Crippen LogP contribution < -0.4 is 15.0 Å². The highest BCUT2D eigenvalue weighted by atomic mass is 35.5. The summed E-state index contributed by atoms with van der Waals surface area (Å²) in [6.07, 6.45) is 0. The Kier molecular flexibility index (Phi) is 9.60. The smallest absolute Gasteiger partial charge is 0.279 e. The van der Waals surface area contributed by atoms with E-state index in [0.29, 0.717) is 28.3 Å². The number of methoxy groups -OCH3 is 1. The van der Waals surface area contributed by atoms with Crippen LogP contribution in [0.1, 0.15) is 27.7 Å². The van der Waals surface area contributed by atoms with Gasteiger partial charge in [0.2, 0.25) is 0 Å². The van der Waals surface area contributed by atoms with Gasteiger partial charge >= 0.3 is 0 Å². The number of halogens is 1. The van der Waals surface area contributed by atoms with E-state index in [9.17, 15) is 9.59 Å². The molecule has 1 atom stereocenters. The van der Waals surface area contributed by atoms with Gasteiger partial charge in [0.05, 0.1) is 19.8 Å². The third-order valence-electron chi connectivity index (χ3n) is 3.87. The van der Waals surface area contributed by atoms with Crippen molar-refractivity contribution >= 4 is 29.1 Å². The summed E-state index contributed by atoms with van der Waals surface area (Å²) in [6.45, 7) is 10.3. The van der Waals surface area contributed by atoms with E-state index < -0.39 is 0 Å². The molecule has 0 aliphatic carbocycles. The molecule has 0 spiro atoms. The van der Waals surface area contributed by atoms with E-state index in [1.807, 2.05) is 11.9 Å². The Balaban J connectivity index is 2.64. The third-order valence-corrected chi connectivity index (χ3v) is 4.11. The van der Waals surface area contributed by atoms with Crippen LogP contribution in [-0.4, -0.2) is 57.1 Å². The topological polar surface area (TPSA) is 63.1 Å². The molecule has 0 bridgehead atoms. The molecule has 0 aliphatic heterocycles. The highest BCUT2D eigenvalue weighted by Gasteiger charge is 2.21. The quantitative estimate of drug-likeness (QED) is 0.633. The first-order valence-corrected chi connectivity index (χ1v) is 9.72. The molecule has 1 rings (SSSR count). The van der Waals surface area contributed by atoms with Gasteiger partial charge in [0.15, 0.2) is 13.1 Å². The minimum Gasteiger partial charge on any atom is -0.495 e. The summed E-state index contributed by atoms with van der Waals surface area (Å²) in [5.74, 6) is 1.24. The van der Waals surface area contributed by atoms with E-state index in [1.165, 1.54) is 7.11 Å². The molecule has 152 valence electrons. The van der Waals surface area contributed by atoms with Gasteiger partial charge in [-0.25, -0.2) is 0 Å². The molecule has 0 saturated heterocycles. The molecule has 1 unspecified atom stereocenters. The number of benzene rings is 1. The van der Waals surface area contributed by atoms with Crippen LogP contribution >= 0.6 is 11.6 Å². The van der Waals surface area contributed by atoms with Crippen LogP contribution in [0.4, 0.5) is 5.69 Å². The molecule has 7 heteroatoms. The van der Waals surface area contributed by atoms with Crippen molar-refractivity contribution < 1.29 is 19.2 Å². The molecule has 1 aromatic rings. The maximum atomic E-state index is 12.6. The Morgan fingerprint density at radius 1 is 1.15 bits per heavy atom. The highest BCUT2D eigenvalue weighted by Crippen LogP contribution is 2.27. The second kappa shape index (κ2) is 11.1. The van der Waals surface area contributed by atoms with Gasteiger partial charge in [0, 0.05) is 18.1 Å². The number of likely N-dealkylation sites (N-methyl/N-ethyl adjacent to an activating group) is 1. The molecule has 0 fully saturated rings. The van der Waals surface area contributed by atoms with Crippen LogP contribution in [0.2, 0.25) is 5.02 Å². The summed E-state index contributed by atoms with van der Waals surface area (Å²) in [6, 6.07) is 5.05. The van der Waals surface area contributed by atoms with Crippen LogP contribution in [0.25, 0.3) is 0 Å². The first kappa shape index (κ1) is 23.2. The van der Waals surface area contributed by atoms with E-state index in [-0.39, 0.29) is 24.9 Å². The number of nitrogens with one attached hydrogen (secondary N) is 2. The predicted octanol–water partition coefficient (Wildman–Crippen LogP) is 1.94. The number of amides is 2. The lowest BCUT2D eigenvalue weighted by Crippen LogP contribution is -3.11.